The van der Waals surface area contributed by atoms with Crippen molar-refractivity contribution < 1.29 is 114 Å². The topological polar surface area (TPSA) is 291 Å². The summed E-state index contributed by atoms with van der Waals surface area (Å²) in [5.74, 6) is 7.54. The fraction of sp³-hybridized carbons (Fsp3) is 0.348. The molecule has 94 heavy (non-hydrogen) atoms. The number of methoxy groups -OCH3 is 12. The van der Waals surface area contributed by atoms with Gasteiger partial charge in [-0.1, -0.05) is 37.1 Å². The van der Waals surface area contributed by atoms with Crippen LogP contribution in [0.25, 0.3) is 21.9 Å². The number of aliphatic hydroxyl groups excluding tert-OH is 1. The van der Waals surface area contributed by atoms with Crippen LogP contribution in [0.2, 0.25) is 0 Å². The van der Waals surface area contributed by atoms with Gasteiger partial charge in [-0.2, -0.15) is 0 Å². The van der Waals surface area contributed by atoms with Crippen LogP contribution in [-0.4, -0.2) is 153 Å². The van der Waals surface area contributed by atoms with E-state index in [1.54, 1.807) is 108 Å². The average Bonchev–Trinajstić information content (AvgIpc) is 1.62. The van der Waals surface area contributed by atoms with Crippen LogP contribution in [0.15, 0.2) is 104 Å². The molecule has 0 aliphatic heterocycles. The van der Waals surface area contributed by atoms with Crippen LogP contribution in [0.4, 0.5) is 0 Å². The first kappa shape index (κ1) is 88.5. The number of carbonyl (C=O) groups is 5. The quantitative estimate of drug-likeness (QED) is 0.0397. The highest BCUT2D eigenvalue weighted by atomic mass is 79.9. The smallest absolute Gasteiger partial charge is 0.191 e. The molecule has 24 nitrogen and oxygen atoms in total. The molecule has 0 atom stereocenters. The van der Waals surface area contributed by atoms with Crippen LogP contribution < -0.4 is 61.6 Å². The fourth-order valence-corrected chi connectivity index (χ4v) is 8.01. The zero-order chi connectivity index (χ0) is 66.0. The zero-order valence-corrected chi connectivity index (χ0v) is 53.3. The predicted octanol–water partition coefficient (Wildman–Crippen LogP) is 14.7. The van der Waals surface area contributed by atoms with E-state index in [1.165, 1.54) is 61.9 Å². The Balaban J connectivity index is -0.00000106. The number of aldehydes is 5. The van der Waals surface area contributed by atoms with Gasteiger partial charge in [0.1, 0.15) is 71.3 Å². The van der Waals surface area contributed by atoms with Gasteiger partial charge in [-0.05, 0) is 84.4 Å². The minimum atomic E-state index is -0.494. The van der Waals surface area contributed by atoms with Crippen molar-refractivity contribution in [1.29, 1.82) is 0 Å². The third-order valence-corrected chi connectivity index (χ3v) is 12.7. The first-order valence-electron chi connectivity index (χ1n) is 26.4. The van der Waals surface area contributed by atoms with Gasteiger partial charge >= 0.3 is 0 Å². The van der Waals surface area contributed by atoms with Crippen molar-refractivity contribution in [2.45, 2.75) is 63.9 Å². The van der Waals surface area contributed by atoms with Crippen LogP contribution in [0.3, 0.4) is 0 Å². The molecule has 0 saturated carbocycles. The van der Waals surface area contributed by atoms with Gasteiger partial charge in [0.2, 0.25) is 0 Å². The maximum absolute atomic E-state index is 11.2. The molecular formula is C69H93BrO24. The van der Waals surface area contributed by atoms with Gasteiger partial charge in [0.25, 0.3) is 0 Å². The van der Waals surface area contributed by atoms with Crippen LogP contribution in [0.1, 0.15) is 109 Å². The number of phenols is 1. The molecule has 0 bridgehead atoms. The molecular weight excluding hydrogens is 1290 g/mol. The molecule has 0 radical (unpaired) electrons. The Morgan fingerprint density at radius 3 is 1.20 bits per heavy atom. The van der Waals surface area contributed by atoms with Gasteiger partial charge in [-0.25, -0.2) is 0 Å². The standard InChI is InChI=1S/C15H22O6.C11H12O4.C11H10O4.C9H9BrO3.C9H10O4.C9H10O3.5CH4/c1-5-19-14(20-6-2)10-21-15-11(9-16)7-12(17-3)8-13(15)18-4;2*1-13-8-3-7-4-9(6-12)15-11(7)10(5-8)14-2;1-12-7-3-6(5-11)9(10)8(4-7)13-2;1-12-7-3-6(5-10)9(11)8(4-7)13-2;1-11-8-3-7(6-10)4-9(5-8)12-2;;;;;/h7-9,14H,5-6,10H2,1-4H3;3-5,12H,6H2,1-2H3;3-6H,1-2H3;3-5H,1-2H3;3-5,11H,1-2H3;3-6H,1-2H3;5*1H4. The summed E-state index contributed by atoms with van der Waals surface area (Å²) in [6.45, 7) is 4.79. The first-order valence-corrected chi connectivity index (χ1v) is 27.2. The Kier molecular flexibility index (Phi) is 44.5. The summed E-state index contributed by atoms with van der Waals surface area (Å²) < 4.78 is 88.4. The summed E-state index contributed by atoms with van der Waals surface area (Å²) in [5.41, 5.74) is 2.74. The van der Waals surface area contributed by atoms with Crippen molar-refractivity contribution in [2.24, 2.45) is 0 Å². The molecule has 0 spiro atoms. The molecule has 6 aromatic carbocycles. The number of furan rings is 2. The number of halogens is 1. The summed E-state index contributed by atoms with van der Waals surface area (Å²) in [6, 6.07) is 25.0. The third kappa shape index (κ3) is 25.8. The molecule has 0 aliphatic carbocycles. The van der Waals surface area contributed by atoms with Gasteiger partial charge in [-0.15, -0.1) is 0 Å². The molecule has 0 amide bonds. The molecule has 8 aromatic rings. The largest absolute Gasteiger partial charge is 0.504 e. The van der Waals surface area contributed by atoms with Crippen molar-refractivity contribution in [2.75, 3.05) is 105 Å². The Hall–Kier alpha value is -9.69. The second-order valence-electron chi connectivity index (χ2n) is 17.2. The number of ether oxygens (including phenoxy) is 15. The third-order valence-electron chi connectivity index (χ3n) is 11.9. The number of benzene rings is 6. The summed E-state index contributed by atoms with van der Waals surface area (Å²) >= 11 is 3.25. The molecule has 2 heterocycles. The van der Waals surface area contributed by atoms with Crippen LogP contribution in [0.5, 0.6) is 80.5 Å². The van der Waals surface area contributed by atoms with E-state index in [4.69, 9.17) is 85.0 Å². The monoisotopic (exact) mass is 1380 g/mol. The number of aliphatic hydroxyl groups is 1. The number of phenolic OH excluding ortho intramolecular Hbond substituents is 1. The number of carbonyl (C=O) groups excluding carboxylic acids is 5. The predicted molar refractivity (Wildman–Crippen MR) is 365 cm³/mol. The minimum absolute atomic E-state index is 0. The molecule has 2 N–H and O–H groups in total. The van der Waals surface area contributed by atoms with Crippen molar-refractivity contribution in [3.05, 3.63) is 129 Å². The highest BCUT2D eigenvalue weighted by Crippen LogP contribution is 2.38. The number of rotatable bonds is 25. The lowest BCUT2D eigenvalue weighted by atomic mass is 10.2. The summed E-state index contributed by atoms with van der Waals surface area (Å²) in [4.78, 5) is 53.3. The van der Waals surface area contributed by atoms with Gasteiger partial charge < -0.3 is 90.1 Å². The van der Waals surface area contributed by atoms with E-state index in [0.717, 1.165) is 23.3 Å². The van der Waals surface area contributed by atoms with E-state index in [2.05, 4.69) is 15.9 Å². The fourth-order valence-electron chi connectivity index (χ4n) is 7.52. The molecule has 520 valence electrons. The SMILES string of the molecule is C.C.C.C.C.CCOC(COc1c(C=O)cc(OC)cc1OC)OCC.COc1cc(C=O)c(Br)c(OC)c1.COc1cc(C=O)c(O)c(OC)c1.COc1cc(C=O)cc(OC)c1.COc1cc(OC)c2oc(C=O)cc2c1.COc1cc(OC)c2oc(CO)cc2c1. The van der Waals surface area contributed by atoms with E-state index in [0.29, 0.717) is 139 Å². The van der Waals surface area contributed by atoms with E-state index in [1.807, 2.05) is 19.9 Å². The van der Waals surface area contributed by atoms with E-state index >= 15 is 0 Å². The number of fused-ring (bicyclic) bond motifs is 2. The Morgan fingerprint density at radius 1 is 0.415 bits per heavy atom. The average molecular weight is 1390 g/mol. The van der Waals surface area contributed by atoms with E-state index in [-0.39, 0.29) is 73.2 Å². The van der Waals surface area contributed by atoms with Crippen molar-refractivity contribution >= 4 is 69.3 Å². The lowest BCUT2D eigenvalue weighted by Gasteiger charge is -2.19. The molecule has 25 heteroatoms. The lowest BCUT2D eigenvalue weighted by Crippen LogP contribution is -2.25. The van der Waals surface area contributed by atoms with E-state index in [9.17, 15) is 29.1 Å². The molecule has 0 fully saturated rings. The maximum atomic E-state index is 11.2. The highest BCUT2D eigenvalue weighted by Gasteiger charge is 2.18. The number of hydrogen-bond acceptors (Lipinski definition) is 24. The lowest BCUT2D eigenvalue weighted by molar-refractivity contribution is -0.152. The van der Waals surface area contributed by atoms with Gasteiger partial charge in [0.15, 0.2) is 82.9 Å². The highest BCUT2D eigenvalue weighted by molar-refractivity contribution is 9.10. The van der Waals surface area contributed by atoms with Crippen LogP contribution in [0, 0.1) is 0 Å². The second-order valence-corrected chi connectivity index (χ2v) is 17.9. The Bertz CT molecular complexity index is 3430. The molecule has 8 rings (SSSR count). The minimum Gasteiger partial charge on any atom is -0.504 e. The zero-order valence-electron chi connectivity index (χ0n) is 51.7. The number of hydrogen-bond donors (Lipinski definition) is 2. The van der Waals surface area contributed by atoms with Crippen molar-refractivity contribution in [3.8, 4) is 80.5 Å². The first-order chi connectivity index (χ1) is 43.0. The van der Waals surface area contributed by atoms with Crippen molar-refractivity contribution in [1.82, 2.24) is 0 Å². The number of aromatic hydroxyl groups is 1. The van der Waals surface area contributed by atoms with Crippen molar-refractivity contribution in [3.63, 3.8) is 0 Å². The summed E-state index contributed by atoms with van der Waals surface area (Å²) in [6.07, 6.45) is 2.90. The van der Waals surface area contributed by atoms with Crippen LogP contribution in [-0.2, 0) is 16.1 Å². The summed E-state index contributed by atoms with van der Waals surface area (Å²) in [5, 5.41) is 20.0. The molecule has 2 aromatic heterocycles. The van der Waals surface area contributed by atoms with Crippen LogP contribution >= 0.6 is 15.9 Å². The molecule has 0 saturated heterocycles. The normalized spacial score (nSPS) is 9.46. The maximum Gasteiger partial charge on any atom is 0.191 e. The Labute approximate surface area is 559 Å². The van der Waals surface area contributed by atoms with Gasteiger partial charge in [0.05, 0.1) is 101 Å². The summed E-state index contributed by atoms with van der Waals surface area (Å²) in [7, 11) is 18.3. The molecule has 0 unspecified atom stereocenters. The molecule has 0 aliphatic rings. The Morgan fingerprint density at radius 2 is 0.798 bits per heavy atom. The second kappa shape index (κ2) is 47.2. The van der Waals surface area contributed by atoms with Gasteiger partial charge in [-0.3, -0.25) is 24.0 Å². The van der Waals surface area contributed by atoms with Gasteiger partial charge in [0, 0.05) is 71.5 Å². The van der Waals surface area contributed by atoms with E-state index < -0.39 is 6.29 Å².